The Kier molecular flexibility index (Phi) is 13.3. The molecule has 18 heteroatoms. The molecule has 0 bridgehead atoms. The quantitative estimate of drug-likeness (QED) is 0.0879. The first-order valence-corrected chi connectivity index (χ1v) is 15.4. The lowest BCUT2D eigenvalue weighted by atomic mass is 9.77. The van der Waals surface area contributed by atoms with Crippen LogP contribution in [0.1, 0.15) is 25.7 Å². The maximum absolute atomic E-state index is 11.5. The summed E-state index contributed by atoms with van der Waals surface area (Å²) in [5, 5.41) is 63.5. The van der Waals surface area contributed by atoms with Gasteiger partial charge in [0.1, 0.15) is 54.6 Å². The molecule has 18 N–H and O–H groups in total. The highest BCUT2D eigenvalue weighted by atomic mass is 16.8. The maximum Gasteiger partial charge on any atom is 0.215 e. The lowest BCUT2D eigenvalue weighted by Gasteiger charge is -2.46. The van der Waals surface area contributed by atoms with Crippen LogP contribution in [0, 0.1) is 5.92 Å². The van der Waals surface area contributed by atoms with Crippen molar-refractivity contribution in [3.8, 4) is 0 Å². The predicted octanol–water partition coefficient (Wildman–Crippen LogP) is -6.32. The van der Waals surface area contributed by atoms with Crippen molar-refractivity contribution >= 4 is 0 Å². The lowest BCUT2D eigenvalue weighted by molar-refractivity contribution is -0.283. The van der Waals surface area contributed by atoms with Crippen LogP contribution in [-0.2, 0) is 28.4 Å². The Balaban J connectivity index is 1.53. The Bertz CT molecular complexity index is 956. The Labute approximate surface area is 261 Å². The Hall–Kier alpha value is -1.14. The van der Waals surface area contributed by atoms with Gasteiger partial charge in [-0.05, 0) is 37.7 Å². The Morgan fingerprint density at radius 2 is 1.47 bits per heavy atom. The molecule has 17 atom stereocenters. The summed E-state index contributed by atoms with van der Waals surface area (Å²) in [6.45, 7) is -0.581. The SMILES string of the molecule is NCC1=CC[C@@H](N)[C@@H](O[C@H]2[C@H](O[C@@H]3O[C@H](CO)[C@@H](O[C@H]4O[C@@H](CN)[C@@H](O)[C@H](O)[C@H]4N)[C@H]3O)[C@@H](O)[C@H](CCC(O)CN)C[C@@H]2N)O1. The fourth-order valence-corrected chi connectivity index (χ4v) is 6.27. The molecule has 0 aromatic rings. The molecule has 0 amide bonds. The van der Waals surface area contributed by atoms with E-state index < -0.39 is 111 Å². The minimum absolute atomic E-state index is 0.0524. The van der Waals surface area contributed by atoms with Gasteiger partial charge < -0.3 is 93.5 Å². The van der Waals surface area contributed by atoms with E-state index in [2.05, 4.69) is 0 Å². The van der Waals surface area contributed by atoms with Crippen molar-refractivity contribution in [2.75, 3.05) is 26.2 Å². The molecule has 3 aliphatic heterocycles. The first kappa shape index (κ1) is 36.7. The monoisotopic (exact) mass is 652 g/mol. The first-order chi connectivity index (χ1) is 21.4. The number of rotatable bonds is 13. The van der Waals surface area contributed by atoms with Crippen LogP contribution >= 0.6 is 0 Å². The third-order valence-electron chi connectivity index (χ3n) is 9.04. The van der Waals surface area contributed by atoms with E-state index in [9.17, 15) is 30.6 Å². The third-order valence-corrected chi connectivity index (χ3v) is 9.04. The van der Waals surface area contributed by atoms with Crippen LogP contribution in [0.25, 0.3) is 0 Å². The van der Waals surface area contributed by atoms with Crippen molar-refractivity contribution in [1.82, 2.24) is 0 Å². The van der Waals surface area contributed by atoms with Gasteiger partial charge in [0.2, 0.25) is 6.29 Å². The molecule has 2 saturated heterocycles. The van der Waals surface area contributed by atoms with Crippen molar-refractivity contribution in [2.45, 2.75) is 124 Å². The van der Waals surface area contributed by atoms with E-state index in [1.807, 2.05) is 0 Å². The number of aliphatic hydroxyl groups excluding tert-OH is 6. The second-order valence-electron chi connectivity index (χ2n) is 12.2. The van der Waals surface area contributed by atoms with Crippen LogP contribution in [0.15, 0.2) is 11.8 Å². The summed E-state index contributed by atoms with van der Waals surface area (Å²) < 4.78 is 35.6. The Morgan fingerprint density at radius 3 is 2.11 bits per heavy atom. The number of aliphatic hydroxyl groups is 6. The highest BCUT2D eigenvalue weighted by Gasteiger charge is 2.53. The predicted molar refractivity (Wildman–Crippen MR) is 155 cm³/mol. The van der Waals surface area contributed by atoms with Crippen LogP contribution in [0.2, 0.25) is 0 Å². The fourth-order valence-electron chi connectivity index (χ4n) is 6.27. The third kappa shape index (κ3) is 8.30. The van der Waals surface area contributed by atoms with Crippen molar-refractivity contribution in [2.24, 2.45) is 40.3 Å². The van der Waals surface area contributed by atoms with Gasteiger partial charge >= 0.3 is 0 Å². The summed E-state index contributed by atoms with van der Waals surface area (Å²) in [5.41, 5.74) is 35.8. The average Bonchev–Trinajstić information content (AvgIpc) is 3.33. The van der Waals surface area contributed by atoms with Crippen LogP contribution in [0.5, 0.6) is 0 Å². The summed E-state index contributed by atoms with van der Waals surface area (Å²) in [6.07, 6.45) is -12.5. The zero-order valence-electron chi connectivity index (χ0n) is 25.1. The highest BCUT2D eigenvalue weighted by molar-refractivity contribution is 5.04. The molecule has 1 unspecified atom stereocenters. The molecule has 4 rings (SSSR count). The molecule has 0 radical (unpaired) electrons. The number of ether oxygens (including phenoxy) is 6. The van der Waals surface area contributed by atoms with Crippen LogP contribution in [0.3, 0.4) is 0 Å². The summed E-state index contributed by atoms with van der Waals surface area (Å²) in [5.74, 6) is 0.0381. The van der Waals surface area contributed by atoms with Crippen LogP contribution < -0.4 is 34.4 Å². The van der Waals surface area contributed by atoms with E-state index >= 15 is 0 Å². The minimum Gasteiger partial charge on any atom is -0.467 e. The molecule has 1 aliphatic carbocycles. The van der Waals surface area contributed by atoms with Crippen molar-refractivity contribution < 1.29 is 59.1 Å². The van der Waals surface area contributed by atoms with Gasteiger partial charge in [-0.2, -0.15) is 0 Å². The van der Waals surface area contributed by atoms with Crippen LogP contribution in [0.4, 0.5) is 0 Å². The summed E-state index contributed by atoms with van der Waals surface area (Å²) in [4.78, 5) is 0. The lowest BCUT2D eigenvalue weighted by Crippen LogP contribution is -2.64. The van der Waals surface area contributed by atoms with E-state index in [4.69, 9.17) is 62.8 Å². The largest absolute Gasteiger partial charge is 0.467 e. The second kappa shape index (κ2) is 16.3. The highest BCUT2D eigenvalue weighted by Crippen LogP contribution is 2.37. The van der Waals surface area contributed by atoms with Gasteiger partial charge in [-0.15, -0.1) is 0 Å². The zero-order valence-corrected chi connectivity index (χ0v) is 25.1. The first-order valence-electron chi connectivity index (χ1n) is 15.4. The summed E-state index contributed by atoms with van der Waals surface area (Å²) >= 11 is 0. The fraction of sp³-hybridized carbons (Fsp3) is 0.926. The summed E-state index contributed by atoms with van der Waals surface area (Å²) in [6, 6.07) is -2.49. The van der Waals surface area contributed by atoms with E-state index in [0.29, 0.717) is 31.4 Å². The molecular formula is C27H52N6O12. The molecule has 262 valence electrons. The van der Waals surface area contributed by atoms with E-state index in [1.54, 1.807) is 6.08 Å². The molecule has 3 heterocycles. The molecule has 18 nitrogen and oxygen atoms in total. The zero-order chi connectivity index (χ0) is 33.0. The molecule has 3 fully saturated rings. The molecular weight excluding hydrogens is 600 g/mol. The van der Waals surface area contributed by atoms with Crippen LogP contribution in [-0.4, -0.2) is 155 Å². The van der Waals surface area contributed by atoms with Gasteiger partial charge in [0, 0.05) is 19.1 Å². The summed E-state index contributed by atoms with van der Waals surface area (Å²) in [7, 11) is 0. The van der Waals surface area contributed by atoms with Gasteiger partial charge in [0.25, 0.3) is 0 Å². The smallest absolute Gasteiger partial charge is 0.215 e. The Morgan fingerprint density at radius 1 is 0.800 bits per heavy atom. The van der Waals surface area contributed by atoms with E-state index in [1.165, 1.54) is 0 Å². The van der Waals surface area contributed by atoms with Gasteiger partial charge in [0.05, 0.1) is 37.4 Å². The average molecular weight is 653 g/mol. The van der Waals surface area contributed by atoms with Gasteiger partial charge in [-0.1, -0.05) is 0 Å². The molecule has 0 aromatic heterocycles. The molecule has 45 heavy (non-hydrogen) atoms. The molecule has 0 aromatic carbocycles. The number of hydrogen-bond acceptors (Lipinski definition) is 18. The van der Waals surface area contributed by atoms with E-state index in [-0.39, 0.29) is 19.6 Å². The normalized spacial score (nSPS) is 46.4. The van der Waals surface area contributed by atoms with Crippen molar-refractivity contribution in [3.63, 3.8) is 0 Å². The molecule has 4 aliphatic rings. The maximum atomic E-state index is 11.5. The topological polar surface area (TPSA) is 333 Å². The number of nitrogens with two attached hydrogens (primary N) is 6. The van der Waals surface area contributed by atoms with Crippen molar-refractivity contribution in [1.29, 1.82) is 0 Å². The molecule has 0 spiro atoms. The molecule has 1 saturated carbocycles. The standard InChI is InChI=1S/C27H52N6O12/c28-6-11(35)2-1-10-5-14(32)22(43-25-13(31)4-3-12(7-29)40-25)24(18(10)36)45-27-21(39)23(16(9-34)42-27)44-26-17(33)20(38)19(37)15(8-30)41-26/h3,10-11,13-27,34-39H,1-2,4-9,28-33H2/t10-,11?,13-,14+,15+,16-,17-,18+,19-,20-,21-,22-,23-,24-,25-,26-,27+/m1/s1. The van der Waals surface area contributed by atoms with Gasteiger partial charge in [-0.25, -0.2) is 0 Å². The van der Waals surface area contributed by atoms with Crippen molar-refractivity contribution in [3.05, 3.63) is 11.8 Å². The van der Waals surface area contributed by atoms with Gasteiger partial charge in [0.15, 0.2) is 12.6 Å². The number of hydrogen-bond donors (Lipinski definition) is 12. The minimum atomic E-state index is -1.55. The second-order valence-corrected chi connectivity index (χ2v) is 12.2. The van der Waals surface area contributed by atoms with E-state index in [0.717, 1.165) is 0 Å². The van der Waals surface area contributed by atoms with Gasteiger partial charge in [-0.3, -0.25) is 0 Å².